The standard InChI is InChI=1S/C25H19N3O2S/c26-24-23(25-27-21(16-31-25)17-7-3-1-4-8-17)22(29)15-28(24)18-11-13-20(14-12-18)30-19-9-5-2-6-10-19/h1-14,16,26,29H,15H2. The van der Waals surface area contributed by atoms with E-state index < -0.39 is 0 Å². The van der Waals surface area contributed by atoms with Crippen molar-refractivity contribution in [1.29, 1.82) is 5.41 Å². The van der Waals surface area contributed by atoms with E-state index in [0.717, 1.165) is 22.7 Å². The summed E-state index contributed by atoms with van der Waals surface area (Å²) in [6, 6.07) is 27.0. The number of benzene rings is 3. The SMILES string of the molecule is N=C1C(c2nc(-c3ccccc3)cs2)=C(O)CN1c1ccc(Oc2ccccc2)cc1. The quantitative estimate of drug-likeness (QED) is 0.390. The Labute approximate surface area is 184 Å². The number of hydrogen-bond donors (Lipinski definition) is 2. The zero-order valence-electron chi connectivity index (χ0n) is 16.5. The molecular formula is C25H19N3O2S. The van der Waals surface area contributed by atoms with Crippen molar-refractivity contribution in [2.75, 3.05) is 11.4 Å². The lowest BCUT2D eigenvalue weighted by molar-refractivity contribution is 0.411. The van der Waals surface area contributed by atoms with Crippen molar-refractivity contribution < 1.29 is 9.84 Å². The highest BCUT2D eigenvalue weighted by molar-refractivity contribution is 7.11. The Bertz CT molecular complexity index is 1250. The number of thiazole rings is 1. The van der Waals surface area contributed by atoms with Crippen LogP contribution in [0.2, 0.25) is 0 Å². The Hall–Kier alpha value is -3.90. The summed E-state index contributed by atoms with van der Waals surface area (Å²) in [6.07, 6.45) is 0. The zero-order chi connectivity index (χ0) is 21.2. The molecule has 0 saturated carbocycles. The topological polar surface area (TPSA) is 69.4 Å². The molecule has 0 atom stereocenters. The number of hydrogen-bond acceptors (Lipinski definition) is 5. The Morgan fingerprint density at radius 1 is 0.871 bits per heavy atom. The lowest BCUT2D eigenvalue weighted by atomic mass is 10.2. The molecule has 0 amide bonds. The van der Waals surface area contributed by atoms with Crippen molar-refractivity contribution in [3.05, 3.63) is 101 Å². The van der Waals surface area contributed by atoms with Gasteiger partial charge in [0.1, 0.15) is 28.1 Å². The number of aliphatic hydroxyl groups excluding tert-OH is 1. The third kappa shape index (κ3) is 3.81. The minimum absolute atomic E-state index is 0.156. The number of amidine groups is 1. The zero-order valence-corrected chi connectivity index (χ0v) is 17.3. The van der Waals surface area contributed by atoms with Gasteiger partial charge >= 0.3 is 0 Å². The molecule has 0 spiro atoms. The van der Waals surface area contributed by atoms with Crippen LogP contribution < -0.4 is 9.64 Å². The van der Waals surface area contributed by atoms with Gasteiger partial charge in [0.2, 0.25) is 0 Å². The van der Waals surface area contributed by atoms with Crippen LogP contribution >= 0.6 is 11.3 Å². The van der Waals surface area contributed by atoms with Crippen molar-refractivity contribution >= 4 is 28.4 Å². The summed E-state index contributed by atoms with van der Waals surface area (Å²) < 4.78 is 5.84. The van der Waals surface area contributed by atoms with Crippen LogP contribution in [0.3, 0.4) is 0 Å². The number of aromatic nitrogens is 1. The predicted octanol–water partition coefficient (Wildman–Crippen LogP) is 6.37. The summed E-state index contributed by atoms with van der Waals surface area (Å²) in [4.78, 5) is 6.43. The largest absolute Gasteiger partial charge is 0.510 e. The van der Waals surface area contributed by atoms with E-state index in [9.17, 15) is 5.11 Å². The van der Waals surface area contributed by atoms with Gasteiger partial charge in [-0.1, -0.05) is 48.5 Å². The number of rotatable bonds is 5. The van der Waals surface area contributed by atoms with E-state index in [0.29, 0.717) is 16.3 Å². The number of nitrogens with one attached hydrogen (secondary N) is 1. The molecule has 0 fully saturated rings. The van der Waals surface area contributed by atoms with Crippen LogP contribution in [-0.4, -0.2) is 22.5 Å². The van der Waals surface area contributed by atoms with Gasteiger partial charge in [0.25, 0.3) is 0 Å². The minimum Gasteiger partial charge on any atom is -0.510 e. The van der Waals surface area contributed by atoms with E-state index in [1.54, 1.807) is 4.90 Å². The normalized spacial score (nSPS) is 13.7. The van der Waals surface area contributed by atoms with Gasteiger partial charge in [-0.15, -0.1) is 11.3 Å². The van der Waals surface area contributed by atoms with Crippen molar-refractivity contribution in [2.24, 2.45) is 0 Å². The van der Waals surface area contributed by atoms with Gasteiger partial charge in [-0.2, -0.15) is 0 Å². The molecular weight excluding hydrogens is 406 g/mol. The molecule has 0 aliphatic carbocycles. The third-order valence-corrected chi connectivity index (χ3v) is 5.88. The maximum atomic E-state index is 10.6. The Kier molecular flexibility index (Phi) is 4.98. The average Bonchev–Trinajstić information content (AvgIpc) is 3.40. The molecule has 0 saturated heterocycles. The summed E-state index contributed by atoms with van der Waals surface area (Å²) in [5.74, 6) is 1.88. The average molecular weight is 426 g/mol. The van der Waals surface area contributed by atoms with E-state index >= 15 is 0 Å². The van der Waals surface area contributed by atoms with Crippen LogP contribution in [0, 0.1) is 5.41 Å². The Morgan fingerprint density at radius 3 is 2.23 bits per heavy atom. The highest BCUT2D eigenvalue weighted by Gasteiger charge is 2.31. The maximum Gasteiger partial charge on any atom is 0.139 e. The monoisotopic (exact) mass is 425 g/mol. The Morgan fingerprint density at radius 2 is 1.52 bits per heavy atom. The van der Waals surface area contributed by atoms with Gasteiger partial charge in [-0.25, -0.2) is 4.98 Å². The molecule has 5 nitrogen and oxygen atoms in total. The molecule has 31 heavy (non-hydrogen) atoms. The summed E-state index contributed by atoms with van der Waals surface area (Å²) in [7, 11) is 0. The molecule has 0 radical (unpaired) electrons. The van der Waals surface area contributed by atoms with Gasteiger partial charge in [0.15, 0.2) is 0 Å². The predicted molar refractivity (Wildman–Crippen MR) is 125 cm³/mol. The first-order valence-corrected chi connectivity index (χ1v) is 10.7. The van der Waals surface area contributed by atoms with Gasteiger partial charge < -0.3 is 14.7 Å². The molecule has 4 aromatic rings. The second kappa shape index (κ2) is 8.08. The van der Waals surface area contributed by atoms with Crippen molar-refractivity contribution in [1.82, 2.24) is 4.98 Å². The first-order valence-electron chi connectivity index (χ1n) is 9.82. The molecule has 0 unspecified atom stereocenters. The molecule has 2 N–H and O–H groups in total. The fourth-order valence-electron chi connectivity index (χ4n) is 3.47. The van der Waals surface area contributed by atoms with Crippen molar-refractivity contribution in [3.8, 4) is 22.8 Å². The van der Waals surface area contributed by atoms with Crippen LogP contribution in [0.15, 0.2) is 96.1 Å². The van der Waals surface area contributed by atoms with Crippen molar-refractivity contribution in [3.63, 3.8) is 0 Å². The number of aliphatic hydroxyl groups is 1. The first-order chi connectivity index (χ1) is 15.2. The summed E-state index contributed by atoms with van der Waals surface area (Å²) in [5.41, 5.74) is 3.15. The molecule has 2 heterocycles. The van der Waals surface area contributed by atoms with Gasteiger partial charge in [0.05, 0.1) is 17.8 Å². The van der Waals surface area contributed by atoms with E-state index in [-0.39, 0.29) is 18.1 Å². The van der Waals surface area contributed by atoms with Gasteiger partial charge in [-0.05, 0) is 36.4 Å². The van der Waals surface area contributed by atoms with Crippen LogP contribution in [0.5, 0.6) is 11.5 Å². The molecule has 1 aliphatic rings. The molecule has 152 valence electrons. The molecule has 6 heteroatoms. The van der Waals surface area contributed by atoms with E-state index in [1.807, 2.05) is 90.3 Å². The lowest BCUT2D eigenvalue weighted by Gasteiger charge is -2.19. The first kappa shape index (κ1) is 19.1. The highest BCUT2D eigenvalue weighted by atomic mass is 32.1. The Balaban J connectivity index is 1.34. The number of para-hydroxylation sites is 1. The summed E-state index contributed by atoms with van der Waals surface area (Å²) >= 11 is 1.43. The second-order valence-corrected chi connectivity index (χ2v) is 7.93. The van der Waals surface area contributed by atoms with Crippen LogP contribution in [0.4, 0.5) is 5.69 Å². The highest BCUT2D eigenvalue weighted by Crippen LogP contribution is 2.35. The number of nitrogens with zero attached hydrogens (tertiary/aromatic N) is 2. The fourth-order valence-corrected chi connectivity index (χ4v) is 4.37. The number of ether oxygens (including phenoxy) is 1. The molecule has 3 aromatic carbocycles. The lowest BCUT2D eigenvalue weighted by Crippen LogP contribution is -2.25. The minimum atomic E-state index is 0.156. The van der Waals surface area contributed by atoms with Crippen LogP contribution in [-0.2, 0) is 0 Å². The van der Waals surface area contributed by atoms with Gasteiger partial charge in [-0.3, -0.25) is 5.41 Å². The second-order valence-electron chi connectivity index (χ2n) is 7.07. The number of anilines is 1. The third-order valence-electron chi connectivity index (χ3n) is 5.02. The van der Waals surface area contributed by atoms with E-state index in [4.69, 9.17) is 10.1 Å². The molecule has 0 bridgehead atoms. The van der Waals surface area contributed by atoms with Crippen LogP contribution in [0.25, 0.3) is 16.8 Å². The van der Waals surface area contributed by atoms with E-state index in [2.05, 4.69) is 4.98 Å². The fraction of sp³-hybridized carbons (Fsp3) is 0.0400. The summed E-state index contributed by atoms with van der Waals surface area (Å²) in [6.45, 7) is 0.243. The maximum absolute atomic E-state index is 10.6. The molecule has 5 rings (SSSR count). The van der Waals surface area contributed by atoms with Gasteiger partial charge in [0, 0.05) is 16.6 Å². The van der Waals surface area contributed by atoms with Crippen molar-refractivity contribution in [2.45, 2.75) is 0 Å². The molecule has 1 aromatic heterocycles. The van der Waals surface area contributed by atoms with Crippen LogP contribution in [0.1, 0.15) is 5.01 Å². The van der Waals surface area contributed by atoms with E-state index in [1.165, 1.54) is 11.3 Å². The smallest absolute Gasteiger partial charge is 0.139 e. The molecule has 1 aliphatic heterocycles. The summed E-state index contributed by atoms with van der Waals surface area (Å²) in [5, 5.41) is 21.9.